The van der Waals surface area contributed by atoms with Gasteiger partial charge in [0.05, 0.1) is 18.1 Å². The summed E-state index contributed by atoms with van der Waals surface area (Å²) < 4.78 is 13.0. The fourth-order valence-corrected chi connectivity index (χ4v) is 2.67. The predicted molar refractivity (Wildman–Crippen MR) is 87.3 cm³/mol. The first-order chi connectivity index (χ1) is 11.6. The van der Waals surface area contributed by atoms with Crippen molar-refractivity contribution in [1.29, 1.82) is 5.26 Å². The number of halogens is 1. The van der Waals surface area contributed by atoms with Gasteiger partial charge in [-0.15, -0.1) is 0 Å². The number of aldehydes is 1. The number of aromatic hydroxyl groups is 1. The SMILES string of the molecule is N#CCc1cc(C=O)c(O)c2ncc(Cc3ccc(F)cc3)cc12. The molecule has 0 unspecified atom stereocenters. The van der Waals surface area contributed by atoms with Gasteiger partial charge >= 0.3 is 0 Å². The number of fused-ring (bicyclic) bond motifs is 1. The van der Waals surface area contributed by atoms with Gasteiger partial charge in [-0.1, -0.05) is 12.1 Å². The van der Waals surface area contributed by atoms with Gasteiger partial charge in [0.25, 0.3) is 0 Å². The summed E-state index contributed by atoms with van der Waals surface area (Å²) in [6.45, 7) is 0. The highest BCUT2D eigenvalue weighted by Gasteiger charge is 2.13. The molecule has 5 heteroatoms. The van der Waals surface area contributed by atoms with Gasteiger partial charge in [0.2, 0.25) is 0 Å². The molecule has 0 aliphatic rings. The van der Waals surface area contributed by atoms with Crippen LogP contribution in [0.15, 0.2) is 42.6 Å². The number of pyridine rings is 1. The molecule has 3 rings (SSSR count). The number of phenolic OH excluding ortho intramolecular Hbond substituents is 1. The standard InChI is InChI=1S/C19H13FN2O2/c20-16-3-1-12(2-4-16)7-13-8-17-14(5-6-21)9-15(11-23)19(24)18(17)22-10-13/h1-4,8-11,24H,5,7H2. The summed E-state index contributed by atoms with van der Waals surface area (Å²) in [5, 5.41) is 19.8. The number of nitriles is 1. The Hall–Kier alpha value is -3.26. The zero-order valence-electron chi connectivity index (χ0n) is 12.7. The second kappa shape index (κ2) is 6.47. The lowest BCUT2D eigenvalue weighted by Crippen LogP contribution is -1.96. The molecule has 0 radical (unpaired) electrons. The highest BCUT2D eigenvalue weighted by Crippen LogP contribution is 2.30. The Morgan fingerprint density at radius 3 is 2.62 bits per heavy atom. The molecule has 0 aliphatic carbocycles. The maximum Gasteiger partial charge on any atom is 0.153 e. The van der Waals surface area contributed by atoms with Crippen molar-refractivity contribution in [2.45, 2.75) is 12.8 Å². The van der Waals surface area contributed by atoms with Crippen LogP contribution in [0.2, 0.25) is 0 Å². The van der Waals surface area contributed by atoms with Crippen LogP contribution in [0.25, 0.3) is 10.9 Å². The van der Waals surface area contributed by atoms with Crippen LogP contribution in [-0.2, 0) is 12.8 Å². The summed E-state index contributed by atoms with van der Waals surface area (Å²) in [4.78, 5) is 15.3. The summed E-state index contributed by atoms with van der Waals surface area (Å²) >= 11 is 0. The molecule has 3 aromatic rings. The maximum absolute atomic E-state index is 13.0. The summed E-state index contributed by atoms with van der Waals surface area (Å²) in [6.07, 6.45) is 2.81. The van der Waals surface area contributed by atoms with Gasteiger partial charge < -0.3 is 5.11 Å². The van der Waals surface area contributed by atoms with Crippen LogP contribution in [0.3, 0.4) is 0 Å². The van der Waals surface area contributed by atoms with E-state index in [0.29, 0.717) is 29.2 Å². The van der Waals surface area contributed by atoms with E-state index in [-0.39, 0.29) is 23.6 Å². The Bertz CT molecular complexity index is 960. The summed E-state index contributed by atoms with van der Waals surface area (Å²) in [5.74, 6) is -0.479. The number of phenols is 1. The molecule has 24 heavy (non-hydrogen) atoms. The van der Waals surface area contributed by atoms with Crippen LogP contribution >= 0.6 is 0 Å². The number of rotatable bonds is 4. The molecule has 118 valence electrons. The van der Waals surface area contributed by atoms with Crippen LogP contribution < -0.4 is 0 Å². The van der Waals surface area contributed by atoms with Gasteiger partial charge in [-0.3, -0.25) is 9.78 Å². The second-order valence-corrected chi connectivity index (χ2v) is 5.47. The third-order valence-electron chi connectivity index (χ3n) is 3.84. The normalized spacial score (nSPS) is 10.5. The van der Waals surface area contributed by atoms with E-state index in [4.69, 9.17) is 5.26 Å². The van der Waals surface area contributed by atoms with Crippen LogP contribution in [0, 0.1) is 17.1 Å². The molecule has 4 nitrogen and oxygen atoms in total. The van der Waals surface area contributed by atoms with E-state index in [1.54, 1.807) is 18.3 Å². The molecule has 0 fully saturated rings. The minimum absolute atomic E-state index is 0.110. The van der Waals surface area contributed by atoms with Crippen LogP contribution in [0.4, 0.5) is 4.39 Å². The number of aromatic nitrogens is 1. The van der Waals surface area contributed by atoms with Crippen molar-refractivity contribution in [3.05, 3.63) is 70.7 Å². The van der Waals surface area contributed by atoms with E-state index in [1.807, 2.05) is 6.07 Å². The van der Waals surface area contributed by atoms with E-state index >= 15 is 0 Å². The Morgan fingerprint density at radius 1 is 1.21 bits per heavy atom. The van der Waals surface area contributed by atoms with Gasteiger partial charge in [0, 0.05) is 11.6 Å². The lowest BCUT2D eigenvalue weighted by Gasteiger charge is -2.10. The number of hydrogen-bond acceptors (Lipinski definition) is 4. The highest BCUT2D eigenvalue weighted by atomic mass is 19.1. The molecular formula is C19H13FN2O2. The molecule has 0 saturated carbocycles. The van der Waals surface area contributed by atoms with E-state index in [2.05, 4.69) is 11.1 Å². The minimum Gasteiger partial charge on any atom is -0.505 e. The number of nitrogens with zero attached hydrogens (tertiary/aromatic N) is 2. The molecule has 2 aromatic carbocycles. The van der Waals surface area contributed by atoms with Crippen molar-refractivity contribution in [2.75, 3.05) is 0 Å². The summed E-state index contributed by atoms with van der Waals surface area (Å²) in [5.41, 5.74) is 2.85. The van der Waals surface area contributed by atoms with Gasteiger partial charge in [-0.05, 0) is 47.4 Å². The average Bonchev–Trinajstić information content (AvgIpc) is 2.59. The molecule has 1 N–H and O–H groups in total. The Kier molecular flexibility index (Phi) is 4.21. The van der Waals surface area contributed by atoms with Crippen molar-refractivity contribution in [3.8, 4) is 11.8 Å². The third-order valence-corrected chi connectivity index (χ3v) is 3.84. The maximum atomic E-state index is 13.0. The number of hydrogen-bond donors (Lipinski definition) is 1. The van der Waals surface area contributed by atoms with Crippen LogP contribution in [-0.4, -0.2) is 16.4 Å². The summed E-state index contributed by atoms with van der Waals surface area (Å²) in [6, 6.07) is 11.6. The van der Waals surface area contributed by atoms with Gasteiger partial charge in [-0.2, -0.15) is 5.26 Å². The zero-order chi connectivity index (χ0) is 17.1. The van der Waals surface area contributed by atoms with Gasteiger partial charge in [0.1, 0.15) is 11.3 Å². The second-order valence-electron chi connectivity index (χ2n) is 5.47. The minimum atomic E-state index is -0.294. The first-order valence-corrected chi connectivity index (χ1v) is 7.32. The quantitative estimate of drug-likeness (QED) is 0.746. The average molecular weight is 320 g/mol. The van der Waals surface area contributed by atoms with Crippen LogP contribution in [0.1, 0.15) is 27.0 Å². The van der Waals surface area contributed by atoms with Gasteiger partial charge in [-0.25, -0.2) is 4.39 Å². The van der Waals surface area contributed by atoms with Crippen molar-refractivity contribution >= 4 is 17.2 Å². The molecule has 0 aliphatic heterocycles. The van der Waals surface area contributed by atoms with Crippen LogP contribution in [0.5, 0.6) is 5.75 Å². The van der Waals surface area contributed by atoms with Crippen molar-refractivity contribution in [2.24, 2.45) is 0 Å². The number of carbonyl (C=O) groups is 1. The lowest BCUT2D eigenvalue weighted by atomic mass is 9.98. The topological polar surface area (TPSA) is 74.0 Å². The fourth-order valence-electron chi connectivity index (χ4n) is 2.67. The van der Waals surface area contributed by atoms with E-state index < -0.39 is 0 Å². The monoisotopic (exact) mass is 320 g/mol. The smallest absolute Gasteiger partial charge is 0.153 e. The Labute approximate surface area is 137 Å². The first-order valence-electron chi connectivity index (χ1n) is 7.32. The molecule has 1 aromatic heterocycles. The predicted octanol–water partition coefficient (Wildman–Crippen LogP) is 3.55. The highest BCUT2D eigenvalue weighted by molar-refractivity contribution is 5.96. The molecule has 0 saturated heterocycles. The summed E-state index contributed by atoms with van der Waals surface area (Å²) in [7, 11) is 0. The van der Waals surface area contributed by atoms with Crippen molar-refractivity contribution in [3.63, 3.8) is 0 Å². The van der Waals surface area contributed by atoms with E-state index in [0.717, 1.165) is 11.1 Å². The number of carbonyl (C=O) groups excluding carboxylic acids is 1. The molecule has 0 atom stereocenters. The number of benzene rings is 2. The Balaban J connectivity index is 2.09. The van der Waals surface area contributed by atoms with Gasteiger partial charge in [0.15, 0.2) is 12.0 Å². The van der Waals surface area contributed by atoms with E-state index in [1.165, 1.54) is 18.2 Å². The molecule has 0 bridgehead atoms. The zero-order valence-corrected chi connectivity index (χ0v) is 12.7. The van der Waals surface area contributed by atoms with E-state index in [9.17, 15) is 14.3 Å². The lowest BCUT2D eigenvalue weighted by molar-refractivity contribution is 0.112. The molecular weight excluding hydrogens is 307 g/mol. The molecule has 0 spiro atoms. The first kappa shape index (κ1) is 15.6. The van der Waals surface area contributed by atoms with Crippen molar-refractivity contribution < 1.29 is 14.3 Å². The third kappa shape index (κ3) is 2.95. The Morgan fingerprint density at radius 2 is 1.96 bits per heavy atom. The van der Waals surface area contributed by atoms with Crippen molar-refractivity contribution in [1.82, 2.24) is 4.98 Å². The molecule has 1 heterocycles. The fraction of sp³-hybridized carbons (Fsp3) is 0.105. The molecule has 0 amide bonds. The largest absolute Gasteiger partial charge is 0.505 e.